The van der Waals surface area contributed by atoms with Gasteiger partial charge in [0.25, 0.3) is 0 Å². The highest BCUT2D eigenvalue weighted by atomic mass is 16.5. The lowest BCUT2D eigenvalue weighted by molar-refractivity contribution is 0.277. The van der Waals surface area contributed by atoms with Crippen LogP contribution in [0.4, 0.5) is 0 Å². The fourth-order valence-electron chi connectivity index (χ4n) is 2.42. The minimum absolute atomic E-state index is 0.160. The maximum Gasteiger partial charge on any atom is 0.226 e. The molecular formula is C16H32N4O. The summed E-state index contributed by atoms with van der Waals surface area (Å²) in [5.74, 6) is 1.37. The van der Waals surface area contributed by atoms with E-state index in [1.165, 1.54) is 32.1 Å². The Morgan fingerprint density at radius 2 is 1.71 bits per heavy atom. The lowest BCUT2D eigenvalue weighted by Crippen LogP contribution is -2.32. The molecule has 0 aliphatic heterocycles. The maximum absolute atomic E-state index is 6.14. The zero-order valence-corrected chi connectivity index (χ0v) is 14.0. The van der Waals surface area contributed by atoms with Crippen LogP contribution in [0.5, 0.6) is 0 Å². The van der Waals surface area contributed by atoms with E-state index in [0.29, 0.717) is 5.82 Å². The molecule has 0 aliphatic carbocycles. The van der Waals surface area contributed by atoms with Crippen molar-refractivity contribution in [2.75, 3.05) is 19.6 Å². The molecule has 1 unspecified atom stereocenters. The second-order valence-electron chi connectivity index (χ2n) is 5.66. The van der Waals surface area contributed by atoms with Crippen LogP contribution < -0.4 is 5.73 Å². The van der Waals surface area contributed by atoms with Gasteiger partial charge in [0.05, 0.1) is 6.04 Å². The van der Waals surface area contributed by atoms with Gasteiger partial charge in [0.1, 0.15) is 0 Å². The first-order valence-electron chi connectivity index (χ1n) is 8.51. The largest absolute Gasteiger partial charge is 0.339 e. The number of likely N-dealkylation sites (N-methyl/N-ethyl adjacent to an activating group) is 1. The van der Waals surface area contributed by atoms with Gasteiger partial charge in [-0.05, 0) is 19.5 Å². The third-order valence-electron chi connectivity index (χ3n) is 3.91. The third-order valence-corrected chi connectivity index (χ3v) is 3.91. The van der Waals surface area contributed by atoms with E-state index in [0.717, 1.165) is 38.4 Å². The molecule has 5 nitrogen and oxygen atoms in total. The quantitative estimate of drug-likeness (QED) is 0.599. The van der Waals surface area contributed by atoms with E-state index in [-0.39, 0.29) is 6.04 Å². The molecular weight excluding hydrogens is 264 g/mol. The average molecular weight is 296 g/mol. The third kappa shape index (κ3) is 7.05. The van der Waals surface area contributed by atoms with Gasteiger partial charge in [-0.1, -0.05) is 58.0 Å². The zero-order chi connectivity index (χ0) is 15.5. The number of aromatic nitrogens is 2. The minimum Gasteiger partial charge on any atom is -0.339 e. The van der Waals surface area contributed by atoms with Crippen LogP contribution in [0.15, 0.2) is 4.52 Å². The predicted molar refractivity (Wildman–Crippen MR) is 86.1 cm³/mol. The molecule has 0 aromatic carbocycles. The summed E-state index contributed by atoms with van der Waals surface area (Å²) in [6.45, 7) is 9.27. The van der Waals surface area contributed by atoms with Crippen molar-refractivity contribution in [2.45, 2.75) is 71.8 Å². The zero-order valence-electron chi connectivity index (χ0n) is 14.0. The van der Waals surface area contributed by atoms with Crippen molar-refractivity contribution in [3.63, 3.8) is 0 Å². The molecule has 2 N–H and O–H groups in total. The van der Waals surface area contributed by atoms with E-state index in [4.69, 9.17) is 10.3 Å². The summed E-state index contributed by atoms with van der Waals surface area (Å²) >= 11 is 0. The predicted octanol–water partition coefficient (Wildman–Crippen LogP) is 3.31. The summed E-state index contributed by atoms with van der Waals surface area (Å²) < 4.78 is 5.30. The van der Waals surface area contributed by atoms with Gasteiger partial charge in [-0.2, -0.15) is 4.98 Å². The molecule has 1 atom stereocenters. The number of nitrogens with two attached hydrogens (primary N) is 1. The molecule has 0 radical (unpaired) electrons. The van der Waals surface area contributed by atoms with Gasteiger partial charge in [-0.3, -0.25) is 0 Å². The Morgan fingerprint density at radius 3 is 2.38 bits per heavy atom. The SMILES string of the molecule is CCCCCCCCc1nc(C(N)CN(CC)CC)no1. The van der Waals surface area contributed by atoms with Gasteiger partial charge in [-0.15, -0.1) is 0 Å². The monoisotopic (exact) mass is 296 g/mol. The molecule has 0 fully saturated rings. The van der Waals surface area contributed by atoms with Crippen LogP contribution in [0.1, 0.15) is 77.1 Å². The lowest BCUT2D eigenvalue weighted by Gasteiger charge is -2.20. The Balaban J connectivity index is 2.28. The van der Waals surface area contributed by atoms with Crippen molar-refractivity contribution in [1.82, 2.24) is 15.0 Å². The molecule has 1 aromatic rings. The van der Waals surface area contributed by atoms with E-state index in [1.807, 2.05) is 0 Å². The molecule has 0 amide bonds. The van der Waals surface area contributed by atoms with E-state index >= 15 is 0 Å². The number of rotatable bonds is 12. The first-order chi connectivity index (χ1) is 10.2. The number of nitrogens with zero attached hydrogens (tertiary/aromatic N) is 3. The number of unbranched alkanes of at least 4 members (excludes halogenated alkanes) is 5. The second kappa shape index (κ2) is 10.7. The Hall–Kier alpha value is -0.940. The average Bonchev–Trinajstić information content (AvgIpc) is 2.97. The van der Waals surface area contributed by atoms with Crippen molar-refractivity contribution in [3.05, 3.63) is 11.7 Å². The summed E-state index contributed by atoms with van der Waals surface area (Å²) in [7, 11) is 0. The highest BCUT2D eigenvalue weighted by molar-refractivity contribution is 4.94. The molecule has 1 heterocycles. The molecule has 122 valence electrons. The van der Waals surface area contributed by atoms with Gasteiger partial charge in [0, 0.05) is 13.0 Å². The normalized spacial score (nSPS) is 13.0. The van der Waals surface area contributed by atoms with E-state index in [1.54, 1.807) is 0 Å². The van der Waals surface area contributed by atoms with Crippen LogP contribution in [0, 0.1) is 0 Å². The Morgan fingerprint density at radius 1 is 1.05 bits per heavy atom. The van der Waals surface area contributed by atoms with E-state index < -0.39 is 0 Å². The molecule has 0 saturated heterocycles. The molecule has 0 aliphatic rings. The second-order valence-corrected chi connectivity index (χ2v) is 5.66. The van der Waals surface area contributed by atoms with Crippen LogP contribution in [-0.2, 0) is 6.42 Å². The molecule has 0 saturated carbocycles. The summed E-state index contributed by atoms with van der Waals surface area (Å²) in [5.41, 5.74) is 6.14. The first kappa shape index (κ1) is 18.1. The van der Waals surface area contributed by atoms with Gasteiger partial charge >= 0.3 is 0 Å². The van der Waals surface area contributed by atoms with E-state index in [2.05, 4.69) is 35.8 Å². The van der Waals surface area contributed by atoms with Crippen LogP contribution in [0.2, 0.25) is 0 Å². The van der Waals surface area contributed by atoms with E-state index in [9.17, 15) is 0 Å². The van der Waals surface area contributed by atoms with Crippen molar-refractivity contribution >= 4 is 0 Å². The summed E-state index contributed by atoms with van der Waals surface area (Å²) in [5, 5.41) is 4.03. The minimum atomic E-state index is -0.160. The smallest absolute Gasteiger partial charge is 0.226 e. The maximum atomic E-state index is 6.14. The molecule has 21 heavy (non-hydrogen) atoms. The van der Waals surface area contributed by atoms with Gasteiger partial charge in [-0.25, -0.2) is 0 Å². The van der Waals surface area contributed by atoms with Crippen molar-refractivity contribution in [1.29, 1.82) is 0 Å². The molecule has 0 spiro atoms. The summed E-state index contributed by atoms with van der Waals surface area (Å²) in [6.07, 6.45) is 8.50. The van der Waals surface area contributed by atoms with Crippen LogP contribution in [-0.4, -0.2) is 34.7 Å². The van der Waals surface area contributed by atoms with Gasteiger partial charge in [0.15, 0.2) is 5.82 Å². The standard InChI is InChI=1S/C16H32N4O/c1-4-7-8-9-10-11-12-15-18-16(19-21-15)14(17)13-20(5-2)6-3/h14H,4-13,17H2,1-3H3. The number of hydrogen-bond donors (Lipinski definition) is 1. The number of aryl methyl sites for hydroxylation is 1. The lowest BCUT2D eigenvalue weighted by atomic mass is 10.1. The van der Waals surface area contributed by atoms with Crippen molar-refractivity contribution < 1.29 is 4.52 Å². The fraction of sp³-hybridized carbons (Fsp3) is 0.875. The molecule has 5 heteroatoms. The summed E-state index contributed by atoms with van der Waals surface area (Å²) in [6, 6.07) is -0.160. The Kier molecular flexibility index (Phi) is 9.26. The van der Waals surface area contributed by atoms with Crippen LogP contribution in [0.25, 0.3) is 0 Å². The molecule has 1 aromatic heterocycles. The first-order valence-corrected chi connectivity index (χ1v) is 8.51. The Labute approximate surface area is 129 Å². The van der Waals surface area contributed by atoms with Crippen LogP contribution >= 0.6 is 0 Å². The highest BCUT2D eigenvalue weighted by Crippen LogP contribution is 2.12. The molecule has 0 bridgehead atoms. The van der Waals surface area contributed by atoms with Gasteiger partial charge in [0.2, 0.25) is 5.89 Å². The van der Waals surface area contributed by atoms with Gasteiger partial charge < -0.3 is 15.2 Å². The fourth-order valence-corrected chi connectivity index (χ4v) is 2.42. The number of hydrogen-bond acceptors (Lipinski definition) is 5. The van der Waals surface area contributed by atoms with Crippen molar-refractivity contribution in [3.8, 4) is 0 Å². The van der Waals surface area contributed by atoms with Crippen LogP contribution in [0.3, 0.4) is 0 Å². The summed E-state index contributed by atoms with van der Waals surface area (Å²) in [4.78, 5) is 6.71. The Bertz CT molecular complexity index is 363. The highest BCUT2D eigenvalue weighted by Gasteiger charge is 2.16. The topological polar surface area (TPSA) is 68.2 Å². The molecule has 1 rings (SSSR count). The van der Waals surface area contributed by atoms with Crippen molar-refractivity contribution in [2.24, 2.45) is 5.73 Å².